The van der Waals surface area contributed by atoms with Crippen LogP contribution in [0.25, 0.3) is 0 Å². The number of carbonyl (C=O) groups excluding carboxylic acids is 1. The van der Waals surface area contributed by atoms with Crippen LogP contribution in [0.3, 0.4) is 0 Å². The van der Waals surface area contributed by atoms with Gasteiger partial charge in [-0.3, -0.25) is 4.79 Å². The van der Waals surface area contributed by atoms with Gasteiger partial charge in [0.05, 0.1) is 0 Å². The largest absolute Gasteiger partial charge is 0.309 e. The molecule has 0 aliphatic carbocycles. The predicted octanol–water partition coefficient (Wildman–Crippen LogP) is 3.21. The molecule has 2 nitrogen and oxygen atoms in total. The highest BCUT2D eigenvalue weighted by molar-refractivity contribution is 5.94. The van der Waals surface area contributed by atoms with E-state index in [4.69, 9.17) is 5.41 Å². The maximum atomic E-state index is 11.1. The highest BCUT2D eigenvalue weighted by Crippen LogP contribution is 2.24. The molecule has 0 bridgehead atoms. The number of ketones is 1. The first-order valence-corrected chi connectivity index (χ1v) is 5.03. The van der Waals surface area contributed by atoms with Gasteiger partial charge in [0.25, 0.3) is 0 Å². The molecule has 0 spiro atoms. The van der Waals surface area contributed by atoms with Crippen LogP contribution in [0.4, 0.5) is 0 Å². The Morgan fingerprint density at radius 1 is 1.13 bits per heavy atom. The van der Waals surface area contributed by atoms with Crippen LogP contribution in [0.1, 0.15) is 43.6 Å². The summed E-state index contributed by atoms with van der Waals surface area (Å²) in [6.45, 7) is 7.39. The molecule has 2 heteroatoms. The molecular weight excluding hydrogens is 186 g/mol. The molecule has 0 aliphatic heterocycles. The summed E-state index contributed by atoms with van der Waals surface area (Å²) in [6.07, 6.45) is 0. The van der Waals surface area contributed by atoms with Crippen LogP contribution in [0.15, 0.2) is 24.3 Å². The Kier molecular flexibility index (Phi) is 3.08. The molecule has 1 aromatic carbocycles. The van der Waals surface area contributed by atoms with Crippen molar-refractivity contribution in [3.8, 4) is 0 Å². The fraction of sp³-hybridized carbons (Fsp3) is 0.385. The summed E-state index contributed by atoms with van der Waals surface area (Å²) in [6, 6.07) is 7.49. The van der Waals surface area contributed by atoms with Crippen molar-refractivity contribution in [1.29, 1.82) is 5.41 Å². The van der Waals surface area contributed by atoms with Gasteiger partial charge >= 0.3 is 0 Å². The van der Waals surface area contributed by atoms with Crippen LogP contribution in [0.2, 0.25) is 0 Å². The van der Waals surface area contributed by atoms with Crippen molar-refractivity contribution >= 4 is 11.5 Å². The van der Waals surface area contributed by atoms with E-state index in [9.17, 15) is 4.79 Å². The molecule has 0 aromatic heterocycles. The molecule has 0 aliphatic rings. The molecule has 15 heavy (non-hydrogen) atoms. The fourth-order valence-corrected chi connectivity index (χ4v) is 1.34. The molecule has 1 rings (SSSR count). The van der Waals surface area contributed by atoms with Crippen LogP contribution in [0.5, 0.6) is 0 Å². The quantitative estimate of drug-likeness (QED) is 0.594. The monoisotopic (exact) mass is 203 g/mol. The van der Waals surface area contributed by atoms with Crippen LogP contribution in [-0.2, 0) is 5.41 Å². The van der Waals surface area contributed by atoms with E-state index in [2.05, 4.69) is 0 Å². The average molecular weight is 203 g/mol. The van der Waals surface area contributed by atoms with Gasteiger partial charge in [-0.2, -0.15) is 0 Å². The Bertz CT molecular complexity index is 388. The molecule has 1 aromatic rings. The van der Waals surface area contributed by atoms with Crippen molar-refractivity contribution < 1.29 is 4.79 Å². The molecule has 1 N–H and O–H groups in total. The van der Waals surface area contributed by atoms with Gasteiger partial charge in [0.2, 0.25) is 0 Å². The van der Waals surface area contributed by atoms with E-state index >= 15 is 0 Å². The van der Waals surface area contributed by atoms with Gasteiger partial charge in [0.1, 0.15) is 0 Å². The molecule has 0 fully saturated rings. The zero-order chi connectivity index (χ0) is 11.6. The van der Waals surface area contributed by atoms with Crippen molar-refractivity contribution in [3.05, 3.63) is 35.4 Å². The lowest BCUT2D eigenvalue weighted by atomic mass is 9.80. The molecule has 0 atom stereocenters. The van der Waals surface area contributed by atoms with E-state index in [0.717, 1.165) is 11.1 Å². The summed E-state index contributed by atoms with van der Waals surface area (Å²) in [4.78, 5) is 11.1. The molecule has 0 amide bonds. The van der Waals surface area contributed by atoms with Crippen molar-refractivity contribution in [2.75, 3.05) is 0 Å². The van der Waals surface area contributed by atoms with Crippen molar-refractivity contribution in [3.63, 3.8) is 0 Å². The number of hydrogen-bond donors (Lipinski definition) is 1. The first-order chi connectivity index (χ1) is 6.85. The first kappa shape index (κ1) is 11.6. The number of nitrogens with one attached hydrogen (secondary N) is 1. The normalized spacial score (nSPS) is 11.2. The summed E-state index contributed by atoms with van der Waals surface area (Å²) >= 11 is 0. The summed E-state index contributed by atoms with van der Waals surface area (Å²) in [5, 5.41) is 7.71. The Hall–Kier alpha value is -1.44. The minimum atomic E-state index is -0.255. The maximum absolute atomic E-state index is 11.1. The van der Waals surface area contributed by atoms with Gasteiger partial charge in [-0.25, -0.2) is 0 Å². The standard InChI is InChI=1S/C13H17NO/c1-9(15)11-5-7-12(8-6-11)13(3,4)10(2)14/h5-8,14H,1-4H3. The highest BCUT2D eigenvalue weighted by Gasteiger charge is 2.22. The Balaban J connectivity index is 3.09. The van der Waals surface area contributed by atoms with Gasteiger partial charge in [-0.15, -0.1) is 0 Å². The van der Waals surface area contributed by atoms with Crippen LogP contribution >= 0.6 is 0 Å². The second kappa shape index (κ2) is 3.97. The lowest BCUT2D eigenvalue weighted by Crippen LogP contribution is -2.25. The molecule has 80 valence electrons. The predicted molar refractivity (Wildman–Crippen MR) is 62.9 cm³/mol. The van der Waals surface area contributed by atoms with E-state index in [1.165, 1.54) is 0 Å². The van der Waals surface area contributed by atoms with E-state index in [-0.39, 0.29) is 11.2 Å². The minimum Gasteiger partial charge on any atom is -0.309 e. The van der Waals surface area contributed by atoms with Crippen LogP contribution in [0, 0.1) is 5.41 Å². The fourth-order valence-electron chi connectivity index (χ4n) is 1.34. The summed E-state index contributed by atoms with van der Waals surface area (Å²) < 4.78 is 0. The molecule has 0 heterocycles. The molecular formula is C13H17NO. The van der Waals surface area contributed by atoms with E-state index in [0.29, 0.717) is 5.71 Å². The summed E-state index contributed by atoms with van der Waals surface area (Å²) in [7, 11) is 0. The highest BCUT2D eigenvalue weighted by atomic mass is 16.1. The third kappa shape index (κ3) is 2.32. The molecule has 0 saturated heterocycles. The lowest BCUT2D eigenvalue weighted by Gasteiger charge is -2.24. The number of hydrogen-bond acceptors (Lipinski definition) is 2. The maximum Gasteiger partial charge on any atom is 0.159 e. The van der Waals surface area contributed by atoms with Gasteiger partial charge in [0, 0.05) is 16.7 Å². The molecule has 0 saturated carbocycles. The molecule has 0 unspecified atom stereocenters. The van der Waals surface area contributed by atoms with Gasteiger partial charge in [-0.1, -0.05) is 38.1 Å². The molecule has 0 radical (unpaired) electrons. The van der Waals surface area contributed by atoms with E-state index < -0.39 is 0 Å². The topological polar surface area (TPSA) is 40.9 Å². The zero-order valence-corrected chi connectivity index (χ0v) is 9.72. The van der Waals surface area contributed by atoms with Crippen molar-refractivity contribution in [2.24, 2.45) is 0 Å². The third-order valence-corrected chi connectivity index (χ3v) is 2.95. The number of benzene rings is 1. The minimum absolute atomic E-state index is 0.0749. The number of carbonyl (C=O) groups is 1. The summed E-state index contributed by atoms with van der Waals surface area (Å²) in [5.74, 6) is 0.0749. The van der Waals surface area contributed by atoms with E-state index in [1.807, 2.05) is 38.1 Å². The van der Waals surface area contributed by atoms with Gasteiger partial charge < -0.3 is 5.41 Å². The third-order valence-electron chi connectivity index (χ3n) is 2.95. The number of Topliss-reactive ketones (excluding diaryl/α,β-unsaturated/α-hetero) is 1. The first-order valence-electron chi connectivity index (χ1n) is 5.03. The lowest BCUT2D eigenvalue weighted by molar-refractivity contribution is 0.101. The average Bonchev–Trinajstić information content (AvgIpc) is 2.17. The zero-order valence-electron chi connectivity index (χ0n) is 9.72. The van der Waals surface area contributed by atoms with Gasteiger partial charge in [-0.05, 0) is 19.4 Å². The Labute approximate surface area is 90.8 Å². The Morgan fingerprint density at radius 2 is 1.60 bits per heavy atom. The van der Waals surface area contributed by atoms with Crippen LogP contribution < -0.4 is 0 Å². The SMILES string of the molecule is CC(=N)C(C)(C)c1ccc(C(C)=O)cc1. The second-order valence-electron chi connectivity index (χ2n) is 4.38. The second-order valence-corrected chi connectivity index (χ2v) is 4.38. The Morgan fingerprint density at radius 3 is 1.93 bits per heavy atom. The smallest absolute Gasteiger partial charge is 0.159 e. The summed E-state index contributed by atoms with van der Waals surface area (Å²) in [5.41, 5.74) is 2.16. The van der Waals surface area contributed by atoms with Crippen LogP contribution in [-0.4, -0.2) is 11.5 Å². The van der Waals surface area contributed by atoms with E-state index in [1.54, 1.807) is 13.8 Å². The van der Waals surface area contributed by atoms with Crippen molar-refractivity contribution in [2.45, 2.75) is 33.1 Å². The number of rotatable bonds is 3. The van der Waals surface area contributed by atoms with Crippen molar-refractivity contribution in [1.82, 2.24) is 0 Å². The van der Waals surface area contributed by atoms with Gasteiger partial charge in [0.15, 0.2) is 5.78 Å².